The molecule has 0 spiro atoms. The zero-order chi connectivity index (χ0) is 14.5. The maximum Gasteiger partial charge on any atom is 0.138 e. The third-order valence-corrected chi connectivity index (χ3v) is 3.06. The Bertz CT molecular complexity index is 546. The van der Waals surface area contributed by atoms with Crippen LogP contribution in [0, 0.1) is 5.82 Å². The number of aromatic nitrogens is 2. The van der Waals surface area contributed by atoms with Crippen molar-refractivity contribution in [2.75, 3.05) is 23.8 Å². The maximum atomic E-state index is 13.0. The number of nitrogens with zero attached hydrogens (tertiary/aromatic N) is 3. The highest BCUT2D eigenvalue weighted by atomic mass is 19.1. The van der Waals surface area contributed by atoms with Gasteiger partial charge in [-0.1, -0.05) is 6.92 Å². The number of aryl methyl sites for hydroxylation is 1. The minimum Gasteiger partial charge on any atom is -0.373 e. The van der Waals surface area contributed by atoms with Gasteiger partial charge in [0.15, 0.2) is 0 Å². The molecule has 1 N–H and O–H groups in total. The van der Waals surface area contributed by atoms with Crippen molar-refractivity contribution in [3.8, 4) is 0 Å². The molecule has 1 aromatic heterocycles. The summed E-state index contributed by atoms with van der Waals surface area (Å²) in [5, 5.41) is 3.04. The molecule has 0 unspecified atom stereocenters. The van der Waals surface area contributed by atoms with Gasteiger partial charge in [-0.3, -0.25) is 0 Å². The molecule has 2 rings (SSSR count). The Labute approximate surface area is 118 Å². The average molecular weight is 274 g/mol. The zero-order valence-corrected chi connectivity index (χ0v) is 12.0. The molecule has 1 heterocycles. The van der Waals surface area contributed by atoms with Crippen LogP contribution in [-0.2, 0) is 6.42 Å². The molecule has 20 heavy (non-hydrogen) atoms. The van der Waals surface area contributed by atoms with E-state index in [1.54, 1.807) is 12.1 Å². The fourth-order valence-electron chi connectivity index (χ4n) is 2.01. The van der Waals surface area contributed by atoms with Gasteiger partial charge in [0.05, 0.1) is 0 Å². The number of benzene rings is 1. The van der Waals surface area contributed by atoms with E-state index >= 15 is 0 Å². The molecule has 0 saturated heterocycles. The van der Waals surface area contributed by atoms with E-state index in [0.717, 1.165) is 36.1 Å². The number of rotatable bonds is 5. The fraction of sp³-hybridized carbons (Fsp3) is 0.333. The molecular formula is C15H19FN4. The van der Waals surface area contributed by atoms with Gasteiger partial charge in [-0.2, -0.15) is 0 Å². The van der Waals surface area contributed by atoms with Crippen molar-refractivity contribution in [3.05, 3.63) is 42.0 Å². The van der Waals surface area contributed by atoms with Crippen LogP contribution in [0.25, 0.3) is 0 Å². The van der Waals surface area contributed by atoms with Crippen molar-refractivity contribution < 1.29 is 4.39 Å². The van der Waals surface area contributed by atoms with Crippen molar-refractivity contribution in [1.29, 1.82) is 0 Å². The minimum absolute atomic E-state index is 0.238. The first-order valence-corrected chi connectivity index (χ1v) is 6.76. The second-order valence-corrected chi connectivity index (χ2v) is 4.35. The summed E-state index contributed by atoms with van der Waals surface area (Å²) in [5.74, 6) is 2.15. The van der Waals surface area contributed by atoms with Crippen molar-refractivity contribution in [1.82, 2.24) is 9.97 Å². The van der Waals surface area contributed by atoms with E-state index in [4.69, 9.17) is 0 Å². The smallest absolute Gasteiger partial charge is 0.138 e. The van der Waals surface area contributed by atoms with E-state index in [-0.39, 0.29) is 5.82 Å². The zero-order valence-electron chi connectivity index (χ0n) is 12.0. The topological polar surface area (TPSA) is 41.1 Å². The second-order valence-electron chi connectivity index (χ2n) is 4.35. The molecule has 0 atom stereocenters. The molecule has 0 fully saturated rings. The quantitative estimate of drug-likeness (QED) is 0.907. The van der Waals surface area contributed by atoms with Crippen LogP contribution in [0.4, 0.5) is 21.7 Å². The molecule has 2 aromatic rings. The lowest BCUT2D eigenvalue weighted by Crippen LogP contribution is -2.18. The van der Waals surface area contributed by atoms with Gasteiger partial charge in [-0.25, -0.2) is 14.4 Å². The van der Waals surface area contributed by atoms with Crippen LogP contribution >= 0.6 is 0 Å². The van der Waals surface area contributed by atoms with E-state index in [9.17, 15) is 4.39 Å². The summed E-state index contributed by atoms with van der Waals surface area (Å²) in [6.07, 6.45) is 0.767. The van der Waals surface area contributed by atoms with Crippen LogP contribution in [0.3, 0.4) is 0 Å². The molecule has 0 aliphatic rings. The highest BCUT2D eigenvalue weighted by Crippen LogP contribution is 2.25. The molecule has 106 valence electrons. The van der Waals surface area contributed by atoms with E-state index in [1.165, 1.54) is 12.1 Å². The standard InChI is InChI=1S/C15H19FN4/c1-4-13-18-14(17-3)10-15(19-13)20(5-2)12-8-6-11(16)7-9-12/h6-10H,4-5H2,1-3H3,(H,17,18,19). The van der Waals surface area contributed by atoms with Crippen LogP contribution in [0.1, 0.15) is 19.7 Å². The lowest BCUT2D eigenvalue weighted by Gasteiger charge is -2.23. The highest BCUT2D eigenvalue weighted by molar-refractivity contribution is 5.62. The summed E-state index contributed by atoms with van der Waals surface area (Å²) in [5.41, 5.74) is 0.914. The van der Waals surface area contributed by atoms with Crippen LogP contribution in [0.15, 0.2) is 30.3 Å². The normalized spacial score (nSPS) is 10.4. The first-order valence-electron chi connectivity index (χ1n) is 6.76. The predicted octanol–water partition coefficient (Wildman–Crippen LogP) is 3.38. The van der Waals surface area contributed by atoms with Gasteiger partial charge in [-0.05, 0) is 31.2 Å². The largest absolute Gasteiger partial charge is 0.373 e. The summed E-state index contributed by atoms with van der Waals surface area (Å²) in [6, 6.07) is 8.32. The summed E-state index contributed by atoms with van der Waals surface area (Å²) in [6.45, 7) is 4.80. The Morgan fingerprint density at radius 1 is 1.15 bits per heavy atom. The SMILES string of the molecule is CCc1nc(NC)cc(N(CC)c2ccc(F)cc2)n1. The van der Waals surface area contributed by atoms with Crippen molar-refractivity contribution >= 4 is 17.3 Å². The van der Waals surface area contributed by atoms with E-state index in [0.29, 0.717) is 0 Å². The van der Waals surface area contributed by atoms with Gasteiger partial charge in [0.1, 0.15) is 23.3 Å². The number of halogens is 1. The Balaban J connectivity index is 2.42. The van der Waals surface area contributed by atoms with Gasteiger partial charge >= 0.3 is 0 Å². The van der Waals surface area contributed by atoms with Gasteiger partial charge < -0.3 is 10.2 Å². The van der Waals surface area contributed by atoms with Crippen molar-refractivity contribution in [3.63, 3.8) is 0 Å². The van der Waals surface area contributed by atoms with Crippen LogP contribution in [0.5, 0.6) is 0 Å². The Hall–Kier alpha value is -2.17. The highest BCUT2D eigenvalue weighted by Gasteiger charge is 2.11. The van der Waals surface area contributed by atoms with Crippen LogP contribution < -0.4 is 10.2 Å². The molecule has 0 bridgehead atoms. The number of nitrogens with one attached hydrogen (secondary N) is 1. The molecule has 0 amide bonds. The third-order valence-electron chi connectivity index (χ3n) is 3.06. The van der Waals surface area contributed by atoms with E-state index in [1.807, 2.05) is 31.9 Å². The maximum absolute atomic E-state index is 13.0. The molecule has 5 heteroatoms. The molecule has 1 aromatic carbocycles. The molecule has 0 saturated carbocycles. The number of hydrogen-bond acceptors (Lipinski definition) is 4. The van der Waals surface area contributed by atoms with Crippen molar-refractivity contribution in [2.45, 2.75) is 20.3 Å². The Morgan fingerprint density at radius 3 is 2.40 bits per heavy atom. The Morgan fingerprint density at radius 2 is 1.85 bits per heavy atom. The van der Waals surface area contributed by atoms with Crippen LogP contribution in [-0.4, -0.2) is 23.6 Å². The lowest BCUT2D eigenvalue weighted by molar-refractivity contribution is 0.627. The summed E-state index contributed by atoms with van der Waals surface area (Å²) >= 11 is 0. The van der Waals surface area contributed by atoms with Gasteiger partial charge in [0, 0.05) is 31.8 Å². The molecule has 0 aliphatic heterocycles. The van der Waals surface area contributed by atoms with Gasteiger partial charge in [0.25, 0.3) is 0 Å². The predicted molar refractivity (Wildman–Crippen MR) is 80.0 cm³/mol. The molecule has 0 radical (unpaired) electrons. The monoisotopic (exact) mass is 274 g/mol. The summed E-state index contributed by atoms with van der Waals surface area (Å²) in [7, 11) is 1.83. The average Bonchev–Trinajstić information content (AvgIpc) is 2.49. The molecule has 0 aliphatic carbocycles. The van der Waals surface area contributed by atoms with E-state index < -0.39 is 0 Å². The number of hydrogen-bond donors (Lipinski definition) is 1. The molecular weight excluding hydrogens is 255 g/mol. The Kier molecular flexibility index (Phi) is 4.50. The number of anilines is 3. The lowest BCUT2D eigenvalue weighted by atomic mass is 10.2. The molecule has 4 nitrogen and oxygen atoms in total. The van der Waals surface area contributed by atoms with E-state index in [2.05, 4.69) is 15.3 Å². The first kappa shape index (κ1) is 14.2. The minimum atomic E-state index is -0.238. The first-order chi connectivity index (χ1) is 9.67. The van der Waals surface area contributed by atoms with Crippen molar-refractivity contribution in [2.24, 2.45) is 0 Å². The fourth-order valence-corrected chi connectivity index (χ4v) is 2.01. The summed E-state index contributed by atoms with van der Waals surface area (Å²) in [4.78, 5) is 11.0. The third kappa shape index (κ3) is 3.04. The van der Waals surface area contributed by atoms with Gasteiger partial charge in [0.2, 0.25) is 0 Å². The summed E-state index contributed by atoms with van der Waals surface area (Å²) < 4.78 is 13.0. The van der Waals surface area contributed by atoms with Gasteiger partial charge in [-0.15, -0.1) is 0 Å². The second kappa shape index (κ2) is 6.32. The van der Waals surface area contributed by atoms with Crippen LogP contribution in [0.2, 0.25) is 0 Å².